The maximum absolute atomic E-state index is 11.6. The number of benzene rings is 2. The first-order valence-electron chi connectivity index (χ1n) is 9.15. The maximum atomic E-state index is 11.6. The molecule has 138 valence electrons. The van der Waals surface area contributed by atoms with E-state index in [-0.39, 0.29) is 5.56 Å². The molecule has 3 rings (SSSR count). The van der Waals surface area contributed by atoms with E-state index in [0.29, 0.717) is 17.7 Å². The highest BCUT2D eigenvalue weighted by molar-refractivity contribution is 5.90. The Labute approximate surface area is 154 Å². The van der Waals surface area contributed by atoms with Gasteiger partial charge in [-0.1, -0.05) is 25.5 Å². The maximum Gasteiger partial charge on any atom is 0.336 e. The first kappa shape index (κ1) is 18.3. The molecule has 4 heteroatoms. The lowest BCUT2D eigenvalue weighted by Gasteiger charge is -2.25. The molecule has 0 radical (unpaired) electrons. The number of methoxy groups -OCH3 is 2. The Morgan fingerprint density at radius 3 is 2.58 bits per heavy atom. The summed E-state index contributed by atoms with van der Waals surface area (Å²) in [4.78, 5) is 11.6. The van der Waals surface area contributed by atoms with E-state index in [1.54, 1.807) is 32.4 Å². The molecule has 0 saturated heterocycles. The molecule has 1 N–H and O–H groups in total. The number of fused-ring (bicyclic) bond motifs is 1. The van der Waals surface area contributed by atoms with Crippen LogP contribution in [0.1, 0.15) is 52.4 Å². The van der Waals surface area contributed by atoms with Gasteiger partial charge < -0.3 is 14.6 Å². The van der Waals surface area contributed by atoms with Gasteiger partial charge in [0.25, 0.3) is 0 Å². The van der Waals surface area contributed by atoms with E-state index >= 15 is 0 Å². The summed E-state index contributed by atoms with van der Waals surface area (Å²) < 4.78 is 11.1. The zero-order valence-corrected chi connectivity index (χ0v) is 15.7. The van der Waals surface area contributed by atoms with Crippen molar-refractivity contribution < 1.29 is 19.4 Å². The highest BCUT2D eigenvalue weighted by Crippen LogP contribution is 2.35. The fourth-order valence-corrected chi connectivity index (χ4v) is 3.92. The van der Waals surface area contributed by atoms with Crippen molar-refractivity contribution in [1.82, 2.24) is 0 Å². The van der Waals surface area contributed by atoms with Crippen LogP contribution in [-0.2, 0) is 19.3 Å². The van der Waals surface area contributed by atoms with Crippen molar-refractivity contribution in [3.05, 3.63) is 58.1 Å². The van der Waals surface area contributed by atoms with Crippen molar-refractivity contribution in [2.24, 2.45) is 5.92 Å². The second-order valence-electron chi connectivity index (χ2n) is 6.92. The lowest BCUT2D eigenvalue weighted by molar-refractivity contribution is 0.0695. The molecule has 1 atom stereocenters. The van der Waals surface area contributed by atoms with E-state index in [2.05, 4.69) is 19.1 Å². The molecule has 0 bridgehead atoms. The SMILES string of the molecule is CCC1CCc2cc(Cc3c(OC)cccc3C(=O)O)c(OC)cc2C1. The van der Waals surface area contributed by atoms with Crippen LogP contribution in [0.5, 0.6) is 11.5 Å². The number of carbonyl (C=O) groups is 1. The lowest BCUT2D eigenvalue weighted by Crippen LogP contribution is -2.14. The summed E-state index contributed by atoms with van der Waals surface area (Å²) >= 11 is 0. The lowest BCUT2D eigenvalue weighted by atomic mass is 9.81. The zero-order valence-electron chi connectivity index (χ0n) is 15.7. The third kappa shape index (κ3) is 3.55. The Balaban J connectivity index is 2.02. The van der Waals surface area contributed by atoms with Crippen molar-refractivity contribution in [3.63, 3.8) is 0 Å². The number of hydrogen-bond donors (Lipinski definition) is 1. The van der Waals surface area contributed by atoms with Crippen molar-refractivity contribution in [2.75, 3.05) is 14.2 Å². The normalized spacial score (nSPS) is 16.0. The summed E-state index contributed by atoms with van der Waals surface area (Å²) in [5, 5.41) is 9.55. The molecule has 26 heavy (non-hydrogen) atoms. The molecular formula is C22H26O4. The second kappa shape index (κ2) is 7.81. The van der Waals surface area contributed by atoms with Crippen LogP contribution in [0.15, 0.2) is 30.3 Å². The van der Waals surface area contributed by atoms with Crippen LogP contribution in [0.25, 0.3) is 0 Å². The van der Waals surface area contributed by atoms with Gasteiger partial charge in [-0.15, -0.1) is 0 Å². The molecule has 0 heterocycles. The highest BCUT2D eigenvalue weighted by atomic mass is 16.5. The van der Waals surface area contributed by atoms with Crippen LogP contribution in [0.4, 0.5) is 0 Å². The van der Waals surface area contributed by atoms with E-state index in [9.17, 15) is 9.90 Å². The van der Waals surface area contributed by atoms with Crippen molar-refractivity contribution in [2.45, 2.75) is 39.0 Å². The minimum absolute atomic E-state index is 0.273. The minimum Gasteiger partial charge on any atom is -0.496 e. The van der Waals surface area contributed by atoms with Crippen LogP contribution in [-0.4, -0.2) is 25.3 Å². The van der Waals surface area contributed by atoms with Crippen LogP contribution in [0.2, 0.25) is 0 Å². The Bertz CT molecular complexity index is 810. The van der Waals surface area contributed by atoms with E-state index in [4.69, 9.17) is 9.47 Å². The number of carboxylic acids is 1. The van der Waals surface area contributed by atoms with Gasteiger partial charge in [0.2, 0.25) is 0 Å². The number of ether oxygens (including phenoxy) is 2. The van der Waals surface area contributed by atoms with Gasteiger partial charge in [-0.25, -0.2) is 4.79 Å². The van der Waals surface area contributed by atoms with Gasteiger partial charge in [0.05, 0.1) is 19.8 Å². The fraction of sp³-hybridized carbons (Fsp3) is 0.409. The first-order chi connectivity index (χ1) is 12.6. The second-order valence-corrected chi connectivity index (χ2v) is 6.92. The predicted molar refractivity (Wildman–Crippen MR) is 102 cm³/mol. The molecule has 0 amide bonds. The van der Waals surface area contributed by atoms with Gasteiger partial charge in [-0.2, -0.15) is 0 Å². The number of carboxylic acid groups (broad SMARTS) is 1. The minimum atomic E-state index is -0.943. The van der Waals surface area contributed by atoms with Gasteiger partial charge >= 0.3 is 5.97 Å². The number of aromatic carboxylic acids is 1. The molecule has 2 aromatic carbocycles. The smallest absolute Gasteiger partial charge is 0.336 e. The Kier molecular flexibility index (Phi) is 5.50. The number of hydrogen-bond acceptors (Lipinski definition) is 3. The third-order valence-electron chi connectivity index (χ3n) is 5.46. The topological polar surface area (TPSA) is 55.8 Å². The van der Waals surface area contributed by atoms with Gasteiger partial charge in [0.1, 0.15) is 11.5 Å². The summed E-state index contributed by atoms with van der Waals surface area (Å²) in [5.74, 6) is 1.21. The monoisotopic (exact) mass is 354 g/mol. The average molecular weight is 354 g/mol. The van der Waals surface area contributed by atoms with Crippen LogP contribution >= 0.6 is 0 Å². The first-order valence-corrected chi connectivity index (χ1v) is 9.15. The Morgan fingerprint density at radius 2 is 1.92 bits per heavy atom. The van der Waals surface area contributed by atoms with E-state index < -0.39 is 5.97 Å². The molecule has 1 aliphatic rings. The molecule has 0 saturated carbocycles. The molecule has 4 nitrogen and oxygen atoms in total. The van der Waals surface area contributed by atoms with Crippen LogP contribution < -0.4 is 9.47 Å². The average Bonchev–Trinajstić information content (AvgIpc) is 2.66. The quantitative estimate of drug-likeness (QED) is 0.829. The molecule has 1 aliphatic carbocycles. The summed E-state index contributed by atoms with van der Waals surface area (Å²) in [7, 11) is 3.24. The van der Waals surface area contributed by atoms with Gasteiger partial charge in [0.15, 0.2) is 0 Å². The fourth-order valence-electron chi connectivity index (χ4n) is 3.92. The largest absolute Gasteiger partial charge is 0.496 e. The van der Waals surface area contributed by atoms with Crippen LogP contribution in [0.3, 0.4) is 0 Å². The standard InChI is InChI=1S/C22H26O4/c1-4-14-8-9-15-11-17(21(26-3)13-16(15)10-14)12-19-18(22(23)24)6-5-7-20(19)25-2/h5-7,11,13-14H,4,8-10,12H2,1-3H3,(H,23,24). The van der Waals surface area contributed by atoms with Gasteiger partial charge in [-0.3, -0.25) is 0 Å². The molecule has 0 fully saturated rings. The zero-order chi connectivity index (χ0) is 18.7. The summed E-state index contributed by atoms with van der Waals surface area (Å²) in [6.45, 7) is 2.25. The van der Waals surface area contributed by atoms with E-state index in [0.717, 1.165) is 30.1 Å². The summed E-state index contributed by atoms with van der Waals surface area (Å²) in [6.07, 6.45) is 5.05. The van der Waals surface area contributed by atoms with Gasteiger partial charge in [0, 0.05) is 12.0 Å². The Hall–Kier alpha value is -2.49. The Morgan fingerprint density at radius 1 is 1.15 bits per heavy atom. The predicted octanol–water partition coefficient (Wildman–Crippen LogP) is 4.51. The third-order valence-corrected chi connectivity index (χ3v) is 5.46. The molecule has 0 aromatic heterocycles. The van der Waals surface area contributed by atoms with Crippen molar-refractivity contribution in [3.8, 4) is 11.5 Å². The molecule has 2 aromatic rings. The molecule has 0 spiro atoms. The number of rotatable bonds is 6. The highest BCUT2D eigenvalue weighted by Gasteiger charge is 2.22. The van der Waals surface area contributed by atoms with E-state index in [1.807, 2.05) is 0 Å². The van der Waals surface area contributed by atoms with Crippen LogP contribution in [0, 0.1) is 5.92 Å². The van der Waals surface area contributed by atoms with Crippen molar-refractivity contribution >= 4 is 5.97 Å². The number of aryl methyl sites for hydroxylation is 1. The molecule has 1 unspecified atom stereocenters. The summed E-state index contributed by atoms with van der Waals surface area (Å²) in [5.41, 5.74) is 4.69. The molecule has 0 aliphatic heterocycles. The summed E-state index contributed by atoms with van der Waals surface area (Å²) in [6, 6.07) is 9.47. The molecular weight excluding hydrogens is 328 g/mol. The van der Waals surface area contributed by atoms with Crippen molar-refractivity contribution in [1.29, 1.82) is 0 Å². The van der Waals surface area contributed by atoms with Gasteiger partial charge in [-0.05, 0) is 60.1 Å². The van der Waals surface area contributed by atoms with E-state index in [1.165, 1.54) is 24.0 Å².